The van der Waals surface area contributed by atoms with Gasteiger partial charge in [0.15, 0.2) is 0 Å². The van der Waals surface area contributed by atoms with E-state index < -0.39 is 0 Å². The molecule has 0 radical (unpaired) electrons. The maximum Gasteiger partial charge on any atom is 0.350 e. The van der Waals surface area contributed by atoms with E-state index in [-0.39, 0.29) is 12.0 Å². The molecule has 2 rings (SSSR count). The van der Waals surface area contributed by atoms with Gasteiger partial charge in [-0.15, -0.1) is 11.3 Å². The van der Waals surface area contributed by atoms with Crippen LogP contribution in [0.1, 0.15) is 16.6 Å². The number of hydrogen-bond acceptors (Lipinski definition) is 5. The van der Waals surface area contributed by atoms with Gasteiger partial charge < -0.3 is 10.1 Å². The molecule has 0 amide bonds. The van der Waals surface area contributed by atoms with E-state index in [4.69, 9.17) is 10.3 Å². The molecule has 0 aliphatic heterocycles. The Morgan fingerprint density at radius 1 is 1.45 bits per heavy atom. The summed E-state index contributed by atoms with van der Waals surface area (Å²) in [7, 11) is 1.36. The molecule has 0 spiro atoms. The number of carbonyl (C=O) groups is 1. The molecular formula is C15H16N4O2S. The van der Waals surface area contributed by atoms with Crippen molar-refractivity contribution in [2.24, 2.45) is 5.11 Å². The predicted octanol–water partition coefficient (Wildman–Crippen LogP) is 4.31. The number of nitrogens with zero attached hydrogens (tertiary/aromatic N) is 3. The first-order valence-corrected chi connectivity index (χ1v) is 7.52. The quantitative estimate of drug-likeness (QED) is 0.373. The number of carbonyl (C=O) groups excluding carboxylic acids is 1. The van der Waals surface area contributed by atoms with Crippen LogP contribution in [0.2, 0.25) is 0 Å². The van der Waals surface area contributed by atoms with Crippen molar-refractivity contribution in [1.82, 2.24) is 0 Å². The van der Waals surface area contributed by atoms with E-state index in [1.54, 1.807) is 0 Å². The van der Waals surface area contributed by atoms with Gasteiger partial charge in [0.05, 0.1) is 12.8 Å². The van der Waals surface area contributed by atoms with Crippen LogP contribution in [0.5, 0.6) is 0 Å². The number of thiophene rings is 1. The number of ether oxygens (including phenoxy) is 1. The minimum Gasteiger partial charge on any atom is -0.465 e. The Hall–Kier alpha value is -2.50. The van der Waals surface area contributed by atoms with E-state index in [9.17, 15) is 4.79 Å². The molecule has 6 nitrogen and oxygen atoms in total. The summed E-state index contributed by atoms with van der Waals surface area (Å²) >= 11 is 1.37. The lowest BCUT2D eigenvalue weighted by Gasteiger charge is -2.12. The molecule has 0 saturated heterocycles. The first kappa shape index (κ1) is 15.9. The van der Waals surface area contributed by atoms with E-state index in [2.05, 4.69) is 15.3 Å². The summed E-state index contributed by atoms with van der Waals surface area (Å²) in [5.41, 5.74) is 10.1. The zero-order valence-electron chi connectivity index (χ0n) is 12.3. The average Bonchev–Trinajstić information content (AvgIpc) is 2.96. The molecule has 1 atom stereocenters. The Morgan fingerprint density at radius 3 is 2.82 bits per heavy atom. The van der Waals surface area contributed by atoms with Gasteiger partial charge in [-0.25, -0.2) is 4.79 Å². The summed E-state index contributed by atoms with van der Waals surface area (Å²) in [5, 5.41) is 6.73. The minimum absolute atomic E-state index is 0.0856. The zero-order chi connectivity index (χ0) is 15.9. The van der Waals surface area contributed by atoms with Crippen LogP contribution in [0, 0.1) is 0 Å². The summed E-state index contributed by atoms with van der Waals surface area (Å²) in [6, 6.07) is 11.6. The number of hydrogen-bond donors (Lipinski definition) is 1. The van der Waals surface area contributed by atoms with Crippen LogP contribution < -0.4 is 5.32 Å². The first-order valence-electron chi connectivity index (χ1n) is 6.70. The average molecular weight is 316 g/mol. The number of benzene rings is 1. The maximum absolute atomic E-state index is 11.9. The highest BCUT2D eigenvalue weighted by atomic mass is 32.1. The number of azide groups is 1. The largest absolute Gasteiger partial charge is 0.465 e. The second-order valence-corrected chi connectivity index (χ2v) is 5.72. The third-order valence-corrected chi connectivity index (χ3v) is 4.15. The third-order valence-electron chi connectivity index (χ3n) is 2.98. The van der Waals surface area contributed by atoms with Crippen LogP contribution in [-0.4, -0.2) is 25.7 Å². The highest BCUT2D eigenvalue weighted by Gasteiger charge is 2.18. The van der Waals surface area contributed by atoms with Gasteiger partial charge in [-0.1, -0.05) is 35.4 Å². The van der Waals surface area contributed by atoms with E-state index in [1.165, 1.54) is 18.4 Å². The Labute approximate surface area is 132 Å². The van der Waals surface area contributed by atoms with Crippen LogP contribution in [0.3, 0.4) is 0 Å². The van der Waals surface area contributed by atoms with Crippen LogP contribution in [0.4, 0.5) is 5.69 Å². The molecule has 0 aliphatic rings. The van der Waals surface area contributed by atoms with Gasteiger partial charge in [0.1, 0.15) is 4.88 Å². The standard InChI is InChI=1S/C15H16N4O2S/c1-10(9-17-19-16)18-12-8-13(11-6-4-3-5-7-11)22-14(12)15(20)21-2/h3-8,10,18H,9H2,1-2H3. The molecule has 2 aromatic rings. The fourth-order valence-electron chi connectivity index (χ4n) is 1.96. The summed E-state index contributed by atoms with van der Waals surface area (Å²) < 4.78 is 4.84. The Balaban J connectivity index is 2.32. The molecule has 114 valence electrons. The van der Waals surface area contributed by atoms with Crippen LogP contribution in [0.15, 0.2) is 41.5 Å². The second kappa shape index (κ2) is 7.49. The van der Waals surface area contributed by atoms with Crippen LogP contribution in [-0.2, 0) is 4.74 Å². The van der Waals surface area contributed by atoms with Crippen LogP contribution in [0.25, 0.3) is 20.9 Å². The van der Waals surface area contributed by atoms with Gasteiger partial charge in [0.2, 0.25) is 0 Å². The Morgan fingerprint density at radius 2 is 2.18 bits per heavy atom. The first-order chi connectivity index (χ1) is 10.7. The second-order valence-electron chi connectivity index (χ2n) is 4.67. The van der Waals surface area contributed by atoms with Crippen molar-refractivity contribution < 1.29 is 9.53 Å². The van der Waals surface area contributed by atoms with Gasteiger partial charge >= 0.3 is 5.97 Å². The van der Waals surface area contributed by atoms with Crippen molar-refractivity contribution >= 4 is 23.0 Å². The van der Waals surface area contributed by atoms with Crippen molar-refractivity contribution in [3.05, 3.63) is 51.7 Å². The molecule has 0 saturated carbocycles. The summed E-state index contributed by atoms with van der Waals surface area (Å²) in [6.45, 7) is 2.18. The third kappa shape index (κ3) is 3.78. The summed E-state index contributed by atoms with van der Waals surface area (Å²) in [5.74, 6) is -0.384. The summed E-state index contributed by atoms with van der Waals surface area (Å²) in [4.78, 5) is 16.2. The Kier molecular flexibility index (Phi) is 5.41. The molecule has 1 aromatic heterocycles. The van der Waals surface area contributed by atoms with E-state index in [0.29, 0.717) is 17.1 Å². The van der Waals surface area contributed by atoms with Crippen molar-refractivity contribution in [3.8, 4) is 10.4 Å². The number of methoxy groups -OCH3 is 1. The lowest BCUT2D eigenvalue weighted by Crippen LogP contribution is -2.19. The van der Waals surface area contributed by atoms with Gasteiger partial charge in [-0.3, -0.25) is 0 Å². The number of rotatable bonds is 6. The molecule has 1 heterocycles. The smallest absolute Gasteiger partial charge is 0.350 e. The van der Waals surface area contributed by atoms with Gasteiger partial charge in [-0.05, 0) is 24.1 Å². The highest BCUT2D eigenvalue weighted by molar-refractivity contribution is 7.18. The van der Waals surface area contributed by atoms with Gasteiger partial charge in [0, 0.05) is 22.4 Å². The summed E-state index contributed by atoms with van der Waals surface area (Å²) in [6.07, 6.45) is 0. The monoisotopic (exact) mass is 316 g/mol. The van der Waals surface area contributed by atoms with Crippen molar-refractivity contribution in [2.75, 3.05) is 19.0 Å². The van der Waals surface area contributed by atoms with E-state index in [1.807, 2.05) is 43.3 Å². The molecule has 0 bridgehead atoms. The Bertz CT molecular complexity index is 693. The number of nitrogens with one attached hydrogen (secondary N) is 1. The maximum atomic E-state index is 11.9. The van der Waals surface area contributed by atoms with Crippen molar-refractivity contribution in [2.45, 2.75) is 13.0 Å². The van der Waals surface area contributed by atoms with E-state index in [0.717, 1.165) is 10.4 Å². The zero-order valence-corrected chi connectivity index (χ0v) is 13.1. The topological polar surface area (TPSA) is 87.1 Å². The highest BCUT2D eigenvalue weighted by Crippen LogP contribution is 2.35. The predicted molar refractivity (Wildman–Crippen MR) is 88.2 cm³/mol. The lowest BCUT2D eigenvalue weighted by atomic mass is 10.2. The van der Waals surface area contributed by atoms with E-state index >= 15 is 0 Å². The molecule has 1 unspecified atom stereocenters. The molecule has 22 heavy (non-hydrogen) atoms. The van der Waals surface area contributed by atoms with Crippen molar-refractivity contribution in [3.63, 3.8) is 0 Å². The van der Waals surface area contributed by atoms with Crippen molar-refractivity contribution in [1.29, 1.82) is 0 Å². The molecule has 1 N–H and O–H groups in total. The van der Waals surface area contributed by atoms with Gasteiger partial charge in [0.25, 0.3) is 0 Å². The van der Waals surface area contributed by atoms with Crippen LogP contribution >= 0.6 is 11.3 Å². The van der Waals surface area contributed by atoms with Gasteiger partial charge in [-0.2, -0.15) is 0 Å². The number of anilines is 1. The molecule has 7 heteroatoms. The normalized spacial score (nSPS) is 11.4. The SMILES string of the molecule is COC(=O)c1sc(-c2ccccc2)cc1NC(C)CN=[N+]=[N-]. The fraction of sp³-hybridized carbons (Fsp3) is 0.267. The molecule has 0 fully saturated rings. The molecular weight excluding hydrogens is 300 g/mol. The lowest BCUT2D eigenvalue weighted by molar-refractivity contribution is 0.0607. The molecule has 1 aromatic carbocycles. The minimum atomic E-state index is -0.384. The molecule has 0 aliphatic carbocycles. The number of esters is 1. The fourth-order valence-corrected chi connectivity index (χ4v) is 3.00.